The molecule has 0 bridgehead atoms. The Morgan fingerprint density at radius 1 is 1.28 bits per heavy atom. The Kier molecular flexibility index (Phi) is 6.55. The SMILES string of the molecule is COC(=O)c1cccc(CCCC[P+](=O)OC)c1. The maximum atomic E-state index is 11.3. The molecule has 0 N–H and O–H groups in total. The molecule has 4 nitrogen and oxygen atoms in total. The van der Waals surface area contributed by atoms with Gasteiger partial charge in [0, 0.05) is 0 Å². The Balaban J connectivity index is 2.43. The van der Waals surface area contributed by atoms with Gasteiger partial charge in [-0.25, -0.2) is 4.79 Å². The molecule has 5 heteroatoms. The van der Waals surface area contributed by atoms with E-state index in [1.54, 1.807) is 6.07 Å². The summed E-state index contributed by atoms with van der Waals surface area (Å²) in [6.07, 6.45) is 3.22. The molecule has 1 atom stereocenters. The maximum Gasteiger partial charge on any atom is 0.507 e. The molecule has 0 saturated carbocycles. The monoisotopic (exact) mass is 269 g/mol. The van der Waals surface area contributed by atoms with E-state index >= 15 is 0 Å². The van der Waals surface area contributed by atoms with Crippen LogP contribution in [0.4, 0.5) is 0 Å². The van der Waals surface area contributed by atoms with Crippen LogP contribution >= 0.6 is 8.03 Å². The zero-order valence-corrected chi connectivity index (χ0v) is 11.6. The molecule has 0 aliphatic rings. The Bertz CT molecular complexity index is 417. The molecule has 0 amide bonds. The van der Waals surface area contributed by atoms with Crippen molar-refractivity contribution in [1.29, 1.82) is 0 Å². The van der Waals surface area contributed by atoms with Gasteiger partial charge in [0.25, 0.3) is 0 Å². The molecule has 0 spiro atoms. The Hall–Kier alpha value is -1.25. The van der Waals surface area contributed by atoms with Crippen molar-refractivity contribution in [2.45, 2.75) is 19.3 Å². The van der Waals surface area contributed by atoms with Crippen LogP contribution in [0.1, 0.15) is 28.8 Å². The highest BCUT2D eigenvalue weighted by atomic mass is 31.1. The number of aryl methyl sites for hydroxylation is 1. The minimum Gasteiger partial charge on any atom is -0.465 e. The van der Waals surface area contributed by atoms with Crippen molar-refractivity contribution in [3.8, 4) is 0 Å². The average molecular weight is 269 g/mol. The molecule has 1 unspecified atom stereocenters. The summed E-state index contributed by atoms with van der Waals surface area (Å²) in [5, 5.41) is 0. The van der Waals surface area contributed by atoms with Crippen LogP contribution in [0.3, 0.4) is 0 Å². The van der Waals surface area contributed by atoms with Gasteiger partial charge in [-0.05, 0) is 41.5 Å². The fourth-order valence-corrected chi connectivity index (χ4v) is 2.30. The largest absolute Gasteiger partial charge is 0.507 e. The van der Waals surface area contributed by atoms with Gasteiger partial charge in [0.15, 0.2) is 6.16 Å². The third-order valence-electron chi connectivity index (χ3n) is 2.61. The molecule has 0 radical (unpaired) electrons. The van der Waals surface area contributed by atoms with Crippen LogP contribution in [0.2, 0.25) is 0 Å². The summed E-state index contributed by atoms with van der Waals surface area (Å²) in [6.45, 7) is 0. The van der Waals surface area contributed by atoms with E-state index in [0.717, 1.165) is 24.8 Å². The number of carbonyl (C=O) groups is 1. The summed E-state index contributed by atoms with van der Waals surface area (Å²) >= 11 is 0. The third kappa shape index (κ3) is 4.94. The molecule has 1 aromatic rings. The van der Waals surface area contributed by atoms with Crippen LogP contribution in [-0.4, -0.2) is 26.4 Å². The second kappa shape index (κ2) is 7.96. The highest BCUT2D eigenvalue weighted by Crippen LogP contribution is 2.22. The van der Waals surface area contributed by atoms with E-state index in [1.165, 1.54) is 14.2 Å². The summed E-state index contributed by atoms with van der Waals surface area (Å²) < 4.78 is 20.5. The molecule has 1 aromatic carbocycles. The minimum atomic E-state index is -1.50. The molecule has 0 saturated heterocycles. The van der Waals surface area contributed by atoms with E-state index in [1.807, 2.05) is 18.2 Å². The molecule has 0 aliphatic heterocycles. The second-order valence-electron chi connectivity index (χ2n) is 3.89. The lowest BCUT2D eigenvalue weighted by molar-refractivity contribution is 0.0600. The van der Waals surface area contributed by atoms with Crippen LogP contribution in [-0.2, 0) is 20.2 Å². The summed E-state index contributed by atoms with van der Waals surface area (Å²) in [4.78, 5) is 11.3. The number of ether oxygens (including phenoxy) is 1. The predicted octanol–water partition coefficient (Wildman–Crippen LogP) is 3.18. The molecular weight excluding hydrogens is 251 g/mol. The minimum absolute atomic E-state index is 0.320. The number of hydrogen-bond donors (Lipinski definition) is 0. The molecule has 0 aliphatic carbocycles. The highest BCUT2D eigenvalue weighted by Gasteiger charge is 2.13. The first-order valence-corrected chi connectivity index (χ1v) is 7.19. The predicted molar refractivity (Wildman–Crippen MR) is 70.2 cm³/mol. The van der Waals surface area contributed by atoms with Crippen molar-refractivity contribution in [2.75, 3.05) is 20.4 Å². The quantitative estimate of drug-likeness (QED) is 0.433. The van der Waals surface area contributed by atoms with Crippen LogP contribution in [0.5, 0.6) is 0 Å². The van der Waals surface area contributed by atoms with Crippen molar-refractivity contribution in [3.63, 3.8) is 0 Å². The van der Waals surface area contributed by atoms with Crippen molar-refractivity contribution >= 4 is 14.0 Å². The Labute approximate surface area is 108 Å². The van der Waals surface area contributed by atoms with E-state index in [0.29, 0.717) is 11.7 Å². The summed E-state index contributed by atoms with van der Waals surface area (Å²) in [6, 6.07) is 7.39. The molecule has 0 aromatic heterocycles. The average Bonchev–Trinajstić information content (AvgIpc) is 2.42. The van der Waals surface area contributed by atoms with Gasteiger partial charge in [0.1, 0.15) is 0 Å². The zero-order valence-electron chi connectivity index (χ0n) is 10.7. The van der Waals surface area contributed by atoms with Gasteiger partial charge >= 0.3 is 14.0 Å². The number of rotatable bonds is 7. The lowest BCUT2D eigenvalue weighted by Gasteiger charge is -2.03. The molecule has 1 rings (SSSR count). The van der Waals surface area contributed by atoms with Gasteiger partial charge in [0.05, 0.1) is 19.8 Å². The van der Waals surface area contributed by atoms with Gasteiger partial charge in [-0.3, -0.25) is 0 Å². The lowest BCUT2D eigenvalue weighted by atomic mass is 10.1. The van der Waals surface area contributed by atoms with Crippen LogP contribution in [0.25, 0.3) is 0 Å². The molecular formula is C13H18O4P+. The molecule has 98 valence electrons. The molecule has 0 heterocycles. The van der Waals surface area contributed by atoms with Gasteiger partial charge in [-0.15, -0.1) is 4.52 Å². The second-order valence-corrected chi connectivity index (χ2v) is 5.37. The van der Waals surface area contributed by atoms with Gasteiger partial charge < -0.3 is 4.74 Å². The van der Waals surface area contributed by atoms with Gasteiger partial charge in [-0.1, -0.05) is 12.1 Å². The Morgan fingerprint density at radius 2 is 2.06 bits per heavy atom. The van der Waals surface area contributed by atoms with Crippen molar-refractivity contribution in [2.24, 2.45) is 0 Å². The van der Waals surface area contributed by atoms with Gasteiger partial charge in [0.2, 0.25) is 0 Å². The Morgan fingerprint density at radius 3 is 2.72 bits per heavy atom. The van der Waals surface area contributed by atoms with E-state index < -0.39 is 8.03 Å². The summed E-state index contributed by atoms with van der Waals surface area (Å²) in [5.74, 6) is -0.320. The topological polar surface area (TPSA) is 52.6 Å². The van der Waals surface area contributed by atoms with Gasteiger partial charge in [-0.2, -0.15) is 0 Å². The van der Waals surface area contributed by atoms with Crippen LogP contribution < -0.4 is 0 Å². The van der Waals surface area contributed by atoms with E-state index in [2.05, 4.69) is 4.74 Å². The number of hydrogen-bond acceptors (Lipinski definition) is 4. The number of methoxy groups -OCH3 is 1. The first-order valence-electron chi connectivity index (χ1n) is 5.83. The first-order chi connectivity index (χ1) is 8.67. The first kappa shape index (κ1) is 14.8. The zero-order chi connectivity index (χ0) is 13.4. The summed E-state index contributed by atoms with van der Waals surface area (Å²) in [7, 11) is 1.33. The summed E-state index contributed by atoms with van der Waals surface area (Å²) in [5.41, 5.74) is 1.66. The molecule has 18 heavy (non-hydrogen) atoms. The highest BCUT2D eigenvalue weighted by molar-refractivity contribution is 7.39. The molecule has 0 fully saturated rings. The van der Waals surface area contributed by atoms with Crippen molar-refractivity contribution < 1.29 is 18.6 Å². The van der Waals surface area contributed by atoms with Crippen molar-refractivity contribution in [1.82, 2.24) is 0 Å². The lowest BCUT2D eigenvalue weighted by Crippen LogP contribution is -2.01. The van der Waals surface area contributed by atoms with Crippen molar-refractivity contribution in [3.05, 3.63) is 35.4 Å². The number of unbranched alkanes of at least 4 members (excludes halogenated alkanes) is 1. The van der Waals surface area contributed by atoms with Crippen LogP contribution in [0.15, 0.2) is 24.3 Å². The fourth-order valence-electron chi connectivity index (χ4n) is 1.63. The van der Waals surface area contributed by atoms with E-state index in [4.69, 9.17) is 4.52 Å². The third-order valence-corrected chi connectivity index (χ3v) is 3.70. The standard InChI is InChI=1S/C13H18O4P/c1-16-13(14)12-8-5-7-11(10-12)6-3-4-9-18(15)17-2/h5,7-8,10H,3-4,6,9H2,1-2H3/q+1. The van der Waals surface area contributed by atoms with E-state index in [9.17, 15) is 9.36 Å². The number of carbonyl (C=O) groups excluding carboxylic acids is 1. The number of benzene rings is 1. The number of esters is 1. The normalized spacial score (nSPS) is 11.1. The maximum absolute atomic E-state index is 11.3. The smallest absolute Gasteiger partial charge is 0.465 e. The van der Waals surface area contributed by atoms with Crippen LogP contribution in [0, 0.1) is 0 Å². The van der Waals surface area contributed by atoms with E-state index in [-0.39, 0.29) is 5.97 Å². The fraction of sp³-hybridized carbons (Fsp3) is 0.462.